The summed E-state index contributed by atoms with van der Waals surface area (Å²) in [5, 5.41) is 16.3. The fourth-order valence-electron chi connectivity index (χ4n) is 2.79. The third kappa shape index (κ3) is 5.22. The summed E-state index contributed by atoms with van der Waals surface area (Å²) >= 11 is 0. The second-order valence-corrected chi connectivity index (χ2v) is 6.29. The molecule has 29 heavy (non-hydrogen) atoms. The van der Waals surface area contributed by atoms with Gasteiger partial charge in [-0.3, -0.25) is 9.78 Å². The molecule has 1 heterocycles. The van der Waals surface area contributed by atoms with E-state index in [0.717, 1.165) is 23.0 Å². The zero-order valence-electron chi connectivity index (χ0n) is 14.9. The van der Waals surface area contributed by atoms with Crippen LogP contribution in [-0.2, 0) is 17.4 Å². The van der Waals surface area contributed by atoms with Crippen molar-refractivity contribution < 1.29 is 27.9 Å². The number of aromatic nitrogens is 1. The minimum Gasteiger partial charge on any atom is -0.530 e. The van der Waals surface area contributed by atoms with Crippen LogP contribution in [0.4, 0.5) is 23.7 Å². The third-order valence-corrected chi connectivity index (χ3v) is 4.19. The molecule has 3 aromatic rings. The lowest BCUT2D eigenvalue weighted by molar-refractivity contribution is -0.251. The molecule has 0 saturated heterocycles. The van der Waals surface area contributed by atoms with E-state index in [0.29, 0.717) is 11.3 Å². The van der Waals surface area contributed by atoms with Crippen molar-refractivity contribution >= 4 is 28.6 Å². The summed E-state index contributed by atoms with van der Waals surface area (Å²) in [6.07, 6.45) is -4.89. The summed E-state index contributed by atoms with van der Waals surface area (Å²) in [5.41, 5.74) is 0.590. The van der Waals surface area contributed by atoms with Crippen molar-refractivity contribution in [2.24, 2.45) is 0 Å². The molecule has 9 heteroatoms. The molecule has 2 N–H and O–H groups in total. The quantitative estimate of drug-likeness (QED) is 0.686. The van der Waals surface area contributed by atoms with Gasteiger partial charge in [-0.05, 0) is 29.8 Å². The highest BCUT2D eigenvalue weighted by Gasteiger charge is 2.30. The fourth-order valence-corrected chi connectivity index (χ4v) is 2.79. The van der Waals surface area contributed by atoms with Gasteiger partial charge < -0.3 is 20.5 Å². The number of amides is 2. The van der Waals surface area contributed by atoms with Gasteiger partial charge in [0.2, 0.25) is 5.91 Å². The lowest BCUT2D eigenvalue weighted by atomic mass is 10.0. The number of para-hydroxylation sites is 1. The maximum Gasteiger partial charge on any atom is 0.416 e. The average molecular weight is 402 g/mol. The Bertz CT molecular complexity index is 1040. The zero-order chi connectivity index (χ0) is 21.0. The first-order valence-electron chi connectivity index (χ1n) is 8.52. The molecule has 2 amide bonds. The number of carbonyl (C=O) groups is 2. The highest BCUT2D eigenvalue weighted by molar-refractivity contribution is 5.97. The maximum atomic E-state index is 12.7. The maximum absolute atomic E-state index is 12.7. The first kappa shape index (κ1) is 20.1. The molecule has 1 atom stereocenters. The van der Waals surface area contributed by atoms with Gasteiger partial charge in [0.05, 0.1) is 23.0 Å². The van der Waals surface area contributed by atoms with Gasteiger partial charge in [-0.2, -0.15) is 13.2 Å². The number of rotatable bonds is 5. The number of halogens is 3. The molecule has 0 fully saturated rings. The fraction of sp³-hybridized carbons (Fsp3) is 0.150. The molecule has 1 aromatic heterocycles. The Morgan fingerprint density at radius 1 is 1.07 bits per heavy atom. The summed E-state index contributed by atoms with van der Waals surface area (Å²) in [5.74, 6) is -0.689. The van der Waals surface area contributed by atoms with Crippen LogP contribution < -0.4 is 15.7 Å². The highest BCUT2D eigenvalue weighted by Crippen LogP contribution is 2.29. The van der Waals surface area contributed by atoms with Crippen LogP contribution >= 0.6 is 0 Å². The zero-order valence-corrected chi connectivity index (χ0v) is 14.9. The summed E-state index contributed by atoms with van der Waals surface area (Å²) in [4.78, 5) is 27.7. The minimum atomic E-state index is -4.48. The molecule has 2 aromatic carbocycles. The number of benzene rings is 2. The van der Waals surface area contributed by atoms with Crippen molar-refractivity contribution in [1.82, 2.24) is 10.3 Å². The monoisotopic (exact) mass is 402 g/mol. The summed E-state index contributed by atoms with van der Waals surface area (Å²) in [6.45, 7) is 0. The Kier molecular flexibility index (Phi) is 5.67. The van der Waals surface area contributed by atoms with Gasteiger partial charge in [-0.15, -0.1) is 0 Å². The van der Waals surface area contributed by atoms with Crippen molar-refractivity contribution in [3.8, 4) is 0 Å². The molecule has 0 unspecified atom stereocenters. The summed E-state index contributed by atoms with van der Waals surface area (Å²) < 4.78 is 38.0. The van der Waals surface area contributed by atoms with Crippen LogP contribution in [-0.4, -0.2) is 23.0 Å². The molecule has 6 nitrogen and oxygen atoms in total. The topological polar surface area (TPSA) is 94.1 Å². The Balaban J connectivity index is 1.76. The van der Waals surface area contributed by atoms with Crippen LogP contribution in [0.2, 0.25) is 0 Å². The number of fused-ring (bicyclic) bond motifs is 1. The predicted octanol–water partition coefficient (Wildman–Crippen LogP) is 2.74. The first-order chi connectivity index (χ1) is 13.7. The van der Waals surface area contributed by atoms with E-state index in [-0.39, 0.29) is 6.42 Å². The number of anilines is 1. The van der Waals surface area contributed by atoms with Crippen molar-refractivity contribution in [3.63, 3.8) is 0 Å². The SMILES string of the molecule is O=C([O-])N[C@H](Cc1ccc(C(F)(F)F)cc1)C(=O)Nc1cnc2ccccc2c1. The van der Waals surface area contributed by atoms with Crippen LogP contribution in [0.15, 0.2) is 60.8 Å². The second-order valence-electron chi connectivity index (χ2n) is 6.29. The molecule has 0 saturated carbocycles. The lowest BCUT2D eigenvalue weighted by Gasteiger charge is -2.20. The first-order valence-corrected chi connectivity index (χ1v) is 8.52. The van der Waals surface area contributed by atoms with Gasteiger partial charge in [0.15, 0.2) is 0 Å². The number of nitrogens with one attached hydrogen (secondary N) is 2. The molecule has 0 aliphatic heterocycles. The van der Waals surface area contributed by atoms with Crippen LogP contribution in [0.3, 0.4) is 0 Å². The van der Waals surface area contributed by atoms with E-state index >= 15 is 0 Å². The number of hydrogen-bond donors (Lipinski definition) is 2. The number of carboxylic acid groups (broad SMARTS) is 1. The molecule has 3 rings (SSSR count). The van der Waals surface area contributed by atoms with Gasteiger partial charge >= 0.3 is 6.18 Å². The largest absolute Gasteiger partial charge is 0.530 e. The Morgan fingerprint density at radius 2 is 1.76 bits per heavy atom. The van der Waals surface area contributed by atoms with E-state index in [1.54, 1.807) is 24.3 Å². The second kappa shape index (κ2) is 8.17. The summed E-state index contributed by atoms with van der Waals surface area (Å²) in [7, 11) is 0. The van der Waals surface area contributed by atoms with E-state index in [2.05, 4.69) is 10.3 Å². The van der Waals surface area contributed by atoms with Crippen molar-refractivity contribution in [2.75, 3.05) is 5.32 Å². The Morgan fingerprint density at radius 3 is 2.41 bits per heavy atom. The molecule has 0 bridgehead atoms. The van der Waals surface area contributed by atoms with Crippen molar-refractivity contribution in [1.29, 1.82) is 0 Å². The molecule has 0 radical (unpaired) electrons. The van der Waals surface area contributed by atoms with E-state index in [1.165, 1.54) is 18.3 Å². The van der Waals surface area contributed by atoms with Gasteiger partial charge in [0, 0.05) is 11.8 Å². The van der Waals surface area contributed by atoms with E-state index in [9.17, 15) is 27.9 Å². The minimum absolute atomic E-state index is 0.154. The third-order valence-electron chi connectivity index (χ3n) is 4.19. The molecular weight excluding hydrogens is 387 g/mol. The van der Waals surface area contributed by atoms with E-state index < -0.39 is 29.8 Å². The number of alkyl halides is 3. The molecule has 150 valence electrons. The van der Waals surface area contributed by atoms with Crippen LogP contribution in [0, 0.1) is 0 Å². The predicted molar refractivity (Wildman–Crippen MR) is 97.8 cm³/mol. The van der Waals surface area contributed by atoms with Crippen LogP contribution in [0.1, 0.15) is 11.1 Å². The van der Waals surface area contributed by atoms with Gasteiger partial charge in [-0.1, -0.05) is 30.3 Å². The number of carbonyl (C=O) groups excluding carboxylic acids is 2. The normalized spacial score (nSPS) is 12.4. The molecule has 0 aliphatic carbocycles. The van der Waals surface area contributed by atoms with E-state index in [1.807, 2.05) is 11.4 Å². The lowest BCUT2D eigenvalue weighted by Crippen LogP contribution is -2.50. The van der Waals surface area contributed by atoms with Crippen molar-refractivity contribution in [3.05, 3.63) is 71.9 Å². The Labute approximate surface area is 163 Å². The standard InChI is InChI=1S/C20H16F3N3O3/c21-20(22,23)14-7-5-12(6-8-14)9-17(26-19(28)29)18(27)25-15-10-13-3-1-2-4-16(13)24-11-15/h1-8,10-11,17,26H,9H2,(H,25,27)(H,28,29)/p-1/t17-/m1/s1. The van der Waals surface area contributed by atoms with Crippen LogP contribution in [0.5, 0.6) is 0 Å². The smallest absolute Gasteiger partial charge is 0.416 e. The molecule has 0 spiro atoms. The number of hydrogen-bond acceptors (Lipinski definition) is 4. The molecular formula is C20H15F3N3O3-. The number of nitrogens with zero attached hydrogens (tertiary/aromatic N) is 1. The molecule has 0 aliphatic rings. The highest BCUT2D eigenvalue weighted by atomic mass is 19.4. The van der Waals surface area contributed by atoms with Gasteiger partial charge in [-0.25, -0.2) is 0 Å². The van der Waals surface area contributed by atoms with Crippen molar-refractivity contribution in [2.45, 2.75) is 18.6 Å². The van der Waals surface area contributed by atoms with Gasteiger partial charge in [0.1, 0.15) is 12.1 Å². The Hall–Kier alpha value is -3.62. The average Bonchev–Trinajstić information content (AvgIpc) is 2.66. The summed E-state index contributed by atoms with van der Waals surface area (Å²) in [6, 6.07) is 11.8. The van der Waals surface area contributed by atoms with Crippen LogP contribution in [0.25, 0.3) is 10.9 Å². The van der Waals surface area contributed by atoms with E-state index in [4.69, 9.17) is 0 Å². The van der Waals surface area contributed by atoms with Gasteiger partial charge in [0.25, 0.3) is 0 Å². The number of pyridine rings is 1.